The van der Waals surface area contributed by atoms with Gasteiger partial charge in [-0.05, 0) is 24.6 Å². The van der Waals surface area contributed by atoms with Crippen molar-refractivity contribution in [3.63, 3.8) is 0 Å². The topological polar surface area (TPSA) is 118 Å². The zero-order valence-electron chi connectivity index (χ0n) is 11.6. The van der Waals surface area contributed by atoms with E-state index < -0.39 is 17.3 Å². The Morgan fingerprint density at radius 1 is 1.41 bits per heavy atom. The zero-order chi connectivity index (χ0) is 16.1. The number of nitrogens with one attached hydrogen (secondary N) is 2. The van der Waals surface area contributed by atoms with Crippen LogP contribution in [0.25, 0.3) is 0 Å². The average Bonchev–Trinajstić information content (AvgIpc) is 2.51. The van der Waals surface area contributed by atoms with Gasteiger partial charge in [0.15, 0.2) is 0 Å². The van der Waals surface area contributed by atoms with Crippen molar-refractivity contribution in [3.05, 3.63) is 62.9 Å². The number of aromatic nitrogens is 1. The van der Waals surface area contributed by atoms with Gasteiger partial charge in [0, 0.05) is 5.56 Å². The summed E-state index contributed by atoms with van der Waals surface area (Å²) in [5.74, 6) is -0.835. The van der Waals surface area contributed by atoms with Gasteiger partial charge in [0.2, 0.25) is 5.88 Å². The molecule has 110 valence electrons. The van der Waals surface area contributed by atoms with Crippen LogP contribution in [0.4, 0.5) is 0 Å². The molecule has 0 fully saturated rings. The highest BCUT2D eigenvalue weighted by Crippen LogP contribution is 2.15. The van der Waals surface area contributed by atoms with Gasteiger partial charge in [0.1, 0.15) is 11.6 Å². The highest BCUT2D eigenvalue weighted by molar-refractivity contribution is 5.95. The molecule has 2 aromatic rings. The minimum atomic E-state index is -0.678. The van der Waals surface area contributed by atoms with Crippen molar-refractivity contribution in [2.75, 3.05) is 0 Å². The molecular weight excluding hydrogens is 284 g/mol. The molecule has 0 unspecified atom stereocenters. The molecule has 1 aromatic carbocycles. The van der Waals surface area contributed by atoms with Gasteiger partial charge in [-0.15, -0.1) is 0 Å². The summed E-state index contributed by atoms with van der Waals surface area (Å²) in [5, 5.41) is 22.3. The number of hydrazone groups is 1. The van der Waals surface area contributed by atoms with Crippen molar-refractivity contribution in [2.24, 2.45) is 5.10 Å². The van der Waals surface area contributed by atoms with E-state index in [9.17, 15) is 14.7 Å². The summed E-state index contributed by atoms with van der Waals surface area (Å²) in [6.45, 7) is 1.51. The average molecular weight is 296 g/mol. The lowest BCUT2D eigenvalue weighted by molar-refractivity contribution is 0.0955. The molecule has 0 aliphatic heterocycles. The first kappa shape index (κ1) is 15.0. The summed E-state index contributed by atoms with van der Waals surface area (Å²) in [4.78, 5) is 25.4. The molecule has 0 atom stereocenters. The van der Waals surface area contributed by atoms with E-state index in [0.717, 1.165) is 0 Å². The Kier molecular flexibility index (Phi) is 4.34. The monoisotopic (exact) mass is 296 g/mol. The van der Waals surface area contributed by atoms with Crippen LogP contribution in [0.2, 0.25) is 0 Å². The Labute approximate surface area is 125 Å². The summed E-state index contributed by atoms with van der Waals surface area (Å²) in [6.07, 6.45) is 1.17. The smallest absolute Gasteiger partial charge is 0.271 e. The van der Waals surface area contributed by atoms with E-state index in [4.69, 9.17) is 5.26 Å². The fourth-order valence-corrected chi connectivity index (χ4v) is 1.82. The van der Waals surface area contributed by atoms with E-state index >= 15 is 0 Å². The molecule has 0 bridgehead atoms. The van der Waals surface area contributed by atoms with Crippen LogP contribution in [0.1, 0.15) is 27.0 Å². The fourth-order valence-electron chi connectivity index (χ4n) is 1.82. The molecule has 1 heterocycles. The molecule has 22 heavy (non-hydrogen) atoms. The van der Waals surface area contributed by atoms with Crippen LogP contribution in [-0.2, 0) is 0 Å². The van der Waals surface area contributed by atoms with Crippen LogP contribution in [0.5, 0.6) is 5.88 Å². The second-order valence-electron chi connectivity index (χ2n) is 4.39. The Bertz CT molecular complexity index is 832. The third-order valence-electron chi connectivity index (χ3n) is 3.00. The van der Waals surface area contributed by atoms with E-state index in [2.05, 4.69) is 15.5 Å². The van der Waals surface area contributed by atoms with Crippen molar-refractivity contribution in [1.82, 2.24) is 10.4 Å². The highest BCUT2D eigenvalue weighted by atomic mass is 16.3. The number of carbonyl (C=O) groups is 1. The van der Waals surface area contributed by atoms with Crippen molar-refractivity contribution in [2.45, 2.75) is 6.92 Å². The lowest BCUT2D eigenvalue weighted by atomic mass is 10.1. The van der Waals surface area contributed by atoms with E-state index in [0.29, 0.717) is 5.56 Å². The standard InChI is InChI=1S/C15H12N4O3/c1-9-11(7-16)14(21)18-15(22)12(9)8-17-19-13(20)10-5-3-2-4-6-10/h2-6,8H,1H3,(H,19,20)(H2,18,21,22)/b17-8+. The first-order valence-corrected chi connectivity index (χ1v) is 6.29. The molecule has 0 aliphatic carbocycles. The Morgan fingerprint density at radius 2 is 2.09 bits per heavy atom. The first-order chi connectivity index (χ1) is 10.5. The summed E-state index contributed by atoms with van der Waals surface area (Å²) in [5.41, 5.74) is 2.37. The number of rotatable bonds is 3. The molecule has 7 heteroatoms. The normalized spacial score (nSPS) is 10.4. The number of carbonyl (C=O) groups excluding carboxylic acids is 1. The molecular formula is C15H12N4O3. The lowest BCUT2D eigenvalue weighted by Gasteiger charge is -2.04. The van der Waals surface area contributed by atoms with Crippen molar-refractivity contribution in [3.8, 4) is 11.9 Å². The molecule has 0 saturated heterocycles. The molecule has 7 nitrogen and oxygen atoms in total. The van der Waals surface area contributed by atoms with Crippen LogP contribution in [0.15, 0.2) is 40.2 Å². The van der Waals surface area contributed by atoms with Gasteiger partial charge in [-0.1, -0.05) is 18.2 Å². The van der Waals surface area contributed by atoms with Crippen LogP contribution in [0, 0.1) is 18.3 Å². The quantitative estimate of drug-likeness (QED) is 0.579. The van der Waals surface area contributed by atoms with Crippen LogP contribution in [0.3, 0.4) is 0 Å². The number of nitriles is 1. The number of amides is 1. The van der Waals surface area contributed by atoms with E-state index in [-0.39, 0.29) is 16.7 Å². The molecule has 0 aliphatic rings. The number of hydrogen-bond donors (Lipinski definition) is 3. The van der Waals surface area contributed by atoms with Crippen molar-refractivity contribution >= 4 is 12.1 Å². The summed E-state index contributed by atoms with van der Waals surface area (Å²) < 4.78 is 0. The van der Waals surface area contributed by atoms with Gasteiger partial charge < -0.3 is 5.11 Å². The van der Waals surface area contributed by atoms with Gasteiger partial charge >= 0.3 is 0 Å². The number of hydrogen-bond acceptors (Lipinski definition) is 5. The van der Waals surface area contributed by atoms with E-state index in [1.54, 1.807) is 36.4 Å². The summed E-state index contributed by atoms with van der Waals surface area (Å²) >= 11 is 0. The molecule has 1 amide bonds. The predicted octanol–water partition coefficient (Wildman–Crippen LogP) is 1.02. The number of benzene rings is 1. The molecule has 0 radical (unpaired) electrons. The Balaban J connectivity index is 2.23. The second-order valence-corrected chi connectivity index (χ2v) is 4.39. The first-order valence-electron chi connectivity index (χ1n) is 6.29. The predicted molar refractivity (Wildman–Crippen MR) is 79.7 cm³/mol. The number of nitrogens with zero attached hydrogens (tertiary/aromatic N) is 2. The van der Waals surface area contributed by atoms with Gasteiger partial charge in [0.05, 0.1) is 11.8 Å². The SMILES string of the molecule is Cc1c(/C=N/NC(=O)c2ccccc2)c(O)[nH]c(=O)c1C#N. The summed E-state index contributed by atoms with van der Waals surface area (Å²) in [7, 11) is 0. The number of aromatic amines is 1. The van der Waals surface area contributed by atoms with Crippen molar-refractivity contribution in [1.29, 1.82) is 5.26 Å². The highest BCUT2D eigenvalue weighted by Gasteiger charge is 2.12. The maximum absolute atomic E-state index is 11.8. The number of aromatic hydroxyl groups is 1. The zero-order valence-corrected chi connectivity index (χ0v) is 11.6. The number of pyridine rings is 1. The van der Waals surface area contributed by atoms with Crippen LogP contribution < -0.4 is 11.0 Å². The second kappa shape index (κ2) is 6.37. The molecule has 1 aromatic heterocycles. The minimum absolute atomic E-state index is 0.117. The third kappa shape index (κ3) is 3.02. The van der Waals surface area contributed by atoms with E-state index in [1.165, 1.54) is 13.1 Å². The third-order valence-corrected chi connectivity index (χ3v) is 3.00. The minimum Gasteiger partial charge on any atom is -0.494 e. The van der Waals surface area contributed by atoms with Gasteiger partial charge in [-0.2, -0.15) is 10.4 Å². The van der Waals surface area contributed by atoms with Gasteiger partial charge in [-0.3, -0.25) is 14.6 Å². The van der Waals surface area contributed by atoms with Crippen LogP contribution in [-0.4, -0.2) is 22.2 Å². The largest absolute Gasteiger partial charge is 0.494 e. The van der Waals surface area contributed by atoms with Crippen molar-refractivity contribution < 1.29 is 9.90 Å². The Morgan fingerprint density at radius 3 is 2.73 bits per heavy atom. The van der Waals surface area contributed by atoms with Gasteiger partial charge in [0.25, 0.3) is 11.5 Å². The molecule has 0 saturated carbocycles. The molecule has 3 N–H and O–H groups in total. The summed E-state index contributed by atoms with van der Waals surface area (Å²) in [6, 6.07) is 10.2. The van der Waals surface area contributed by atoms with E-state index in [1.807, 2.05) is 0 Å². The van der Waals surface area contributed by atoms with Crippen LogP contribution >= 0.6 is 0 Å². The fraction of sp³-hybridized carbons (Fsp3) is 0.0667. The Hall–Kier alpha value is -3.40. The maximum atomic E-state index is 11.8. The molecule has 2 rings (SSSR count). The number of H-pyrrole nitrogens is 1. The van der Waals surface area contributed by atoms with Gasteiger partial charge in [-0.25, -0.2) is 5.43 Å². The molecule has 0 spiro atoms. The maximum Gasteiger partial charge on any atom is 0.271 e. The lowest BCUT2D eigenvalue weighted by Crippen LogP contribution is -2.18.